The molecule has 0 aromatic carbocycles. The largest absolute Gasteiger partial charge is 0.467 e. The van der Waals surface area contributed by atoms with Gasteiger partial charge < -0.3 is 34.3 Å². The summed E-state index contributed by atoms with van der Waals surface area (Å²) in [6, 6.07) is 2.48. The number of carbonyl (C=O) groups excluding carboxylic acids is 3. The molecule has 0 saturated carbocycles. The van der Waals surface area contributed by atoms with Crippen LogP contribution in [0, 0.1) is 5.92 Å². The number of likely N-dealkylation sites (tertiary alicyclic amines) is 1. The number of halogens is 3. The van der Waals surface area contributed by atoms with Crippen LogP contribution < -0.4 is 10.6 Å². The highest BCUT2D eigenvalue weighted by Crippen LogP contribution is 2.28. The van der Waals surface area contributed by atoms with Gasteiger partial charge in [-0.2, -0.15) is 0 Å². The molecule has 15 heteroatoms. The maximum absolute atomic E-state index is 14.5. The van der Waals surface area contributed by atoms with E-state index < -0.39 is 40.3 Å². The second-order valence-electron chi connectivity index (χ2n) is 13.8. The standard InChI is InChI=1S/C31H45Cl3N6O6/c1-19(2)15-40(25(41)23-14-36-26(29(3,4)5)38-24(23)35-13-22-10-9-11-44-22)21-12-20(37-27(42)45-18-31(32,33)34)16-39(17-21)28(43)46-30(6,7)8/h9-11,14,19-21H,12-13,15-18H2,1-8H3,(H,37,42)(H,35,36,38)/t20-,21+/m1/s1. The number of piperidine rings is 1. The summed E-state index contributed by atoms with van der Waals surface area (Å²) >= 11 is 17.2. The smallest absolute Gasteiger partial charge is 0.410 e. The highest BCUT2D eigenvalue weighted by atomic mass is 35.6. The van der Waals surface area contributed by atoms with E-state index in [0.717, 1.165) is 0 Å². The summed E-state index contributed by atoms with van der Waals surface area (Å²) in [4.78, 5) is 52.9. The first-order chi connectivity index (χ1) is 21.2. The predicted octanol–water partition coefficient (Wildman–Crippen LogP) is 6.55. The maximum atomic E-state index is 14.5. The number of ether oxygens (including phenoxy) is 2. The van der Waals surface area contributed by atoms with E-state index in [1.165, 1.54) is 11.1 Å². The number of alkyl carbamates (subject to hydrolysis) is 1. The van der Waals surface area contributed by atoms with Gasteiger partial charge in [0.25, 0.3) is 5.91 Å². The number of amides is 3. The summed E-state index contributed by atoms with van der Waals surface area (Å²) in [5.41, 5.74) is -0.868. The van der Waals surface area contributed by atoms with Gasteiger partial charge in [0.15, 0.2) is 0 Å². The molecule has 46 heavy (non-hydrogen) atoms. The molecule has 12 nitrogen and oxygen atoms in total. The number of hydrogen-bond acceptors (Lipinski definition) is 9. The van der Waals surface area contributed by atoms with Gasteiger partial charge in [-0.25, -0.2) is 19.6 Å². The van der Waals surface area contributed by atoms with Crippen LogP contribution in [-0.2, 0) is 21.4 Å². The minimum atomic E-state index is -1.79. The van der Waals surface area contributed by atoms with Crippen molar-refractivity contribution in [1.82, 2.24) is 25.1 Å². The Bertz CT molecular complexity index is 1340. The topological polar surface area (TPSA) is 139 Å². The lowest BCUT2D eigenvalue weighted by molar-refractivity contribution is 0.00455. The fraction of sp³-hybridized carbons (Fsp3) is 0.645. The number of hydrogen-bond donors (Lipinski definition) is 2. The summed E-state index contributed by atoms with van der Waals surface area (Å²) in [5, 5.41) is 6.01. The molecule has 2 N–H and O–H groups in total. The number of carbonyl (C=O) groups is 3. The third-order valence-corrected chi connectivity index (χ3v) is 7.06. The van der Waals surface area contributed by atoms with E-state index in [9.17, 15) is 14.4 Å². The van der Waals surface area contributed by atoms with Crippen LogP contribution in [0.1, 0.15) is 83.8 Å². The van der Waals surface area contributed by atoms with Crippen LogP contribution in [0.5, 0.6) is 0 Å². The zero-order valence-corrected chi connectivity index (χ0v) is 29.9. The Kier molecular flexibility index (Phi) is 12.5. The fourth-order valence-electron chi connectivity index (χ4n) is 4.80. The number of nitrogens with one attached hydrogen (secondary N) is 2. The van der Waals surface area contributed by atoms with Gasteiger partial charge >= 0.3 is 12.2 Å². The molecule has 3 heterocycles. The molecule has 3 amide bonds. The van der Waals surface area contributed by atoms with E-state index in [-0.39, 0.29) is 35.9 Å². The third kappa shape index (κ3) is 11.7. The molecule has 256 valence electrons. The van der Waals surface area contributed by atoms with E-state index in [0.29, 0.717) is 36.9 Å². The zero-order chi connectivity index (χ0) is 34.4. The summed E-state index contributed by atoms with van der Waals surface area (Å²) < 4.78 is 14.4. The van der Waals surface area contributed by atoms with Crippen molar-refractivity contribution >= 4 is 58.7 Å². The van der Waals surface area contributed by atoms with Gasteiger partial charge in [-0.15, -0.1) is 0 Å². The molecule has 1 saturated heterocycles. The third-order valence-electron chi connectivity index (χ3n) is 6.73. The SMILES string of the molecule is CC(C)CN(C(=O)c1cnc(C(C)(C)C)nc1NCc1ccco1)[C@H]1C[C@@H](NC(=O)OCC(Cl)(Cl)Cl)CN(C(=O)OC(C)(C)C)C1. The number of alkyl halides is 3. The lowest BCUT2D eigenvalue weighted by Crippen LogP contribution is -2.60. The molecular weight excluding hydrogens is 659 g/mol. The van der Waals surface area contributed by atoms with Crippen molar-refractivity contribution in [2.75, 3.05) is 31.6 Å². The van der Waals surface area contributed by atoms with Gasteiger partial charge in [0.1, 0.15) is 35.2 Å². The molecule has 0 radical (unpaired) electrons. The number of furan rings is 1. The highest BCUT2D eigenvalue weighted by Gasteiger charge is 2.39. The Morgan fingerprint density at radius 2 is 1.83 bits per heavy atom. The van der Waals surface area contributed by atoms with Crippen LogP contribution in [0.15, 0.2) is 29.0 Å². The van der Waals surface area contributed by atoms with E-state index in [1.54, 1.807) is 38.0 Å². The maximum Gasteiger partial charge on any atom is 0.410 e. The summed E-state index contributed by atoms with van der Waals surface area (Å²) in [6.07, 6.45) is 2.03. The summed E-state index contributed by atoms with van der Waals surface area (Å²) in [7, 11) is 0. The van der Waals surface area contributed by atoms with Crippen molar-refractivity contribution in [3.63, 3.8) is 0 Å². The lowest BCUT2D eigenvalue weighted by atomic mass is 9.95. The molecule has 1 aliphatic rings. The van der Waals surface area contributed by atoms with Crippen LogP contribution in [-0.4, -0.2) is 85.6 Å². The molecule has 3 rings (SSSR count). The number of aromatic nitrogens is 2. The normalized spacial score (nSPS) is 17.4. The van der Waals surface area contributed by atoms with Crippen molar-refractivity contribution in [3.8, 4) is 0 Å². The van der Waals surface area contributed by atoms with Crippen molar-refractivity contribution in [2.24, 2.45) is 5.92 Å². The molecule has 0 aliphatic carbocycles. The minimum Gasteiger partial charge on any atom is -0.467 e. The van der Waals surface area contributed by atoms with Gasteiger partial charge in [-0.1, -0.05) is 69.4 Å². The molecule has 2 aromatic heterocycles. The van der Waals surface area contributed by atoms with Gasteiger partial charge in [0.05, 0.1) is 24.9 Å². The van der Waals surface area contributed by atoms with Crippen LogP contribution in [0.3, 0.4) is 0 Å². The van der Waals surface area contributed by atoms with E-state index in [4.69, 9.17) is 53.7 Å². The first-order valence-electron chi connectivity index (χ1n) is 15.1. The van der Waals surface area contributed by atoms with Crippen molar-refractivity contribution < 1.29 is 28.3 Å². The van der Waals surface area contributed by atoms with Gasteiger partial charge in [0.2, 0.25) is 3.79 Å². The van der Waals surface area contributed by atoms with Crippen molar-refractivity contribution in [1.29, 1.82) is 0 Å². The molecular formula is C31H45Cl3N6O6. The van der Waals surface area contributed by atoms with Crippen LogP contribution in [0.2, 0.25) is 0 Å². The Morgan fingerprint density at radius 1 is 1.13 bits per heavy atom. The summed E-state index contributed by atoms with van der Waals surface area (Å²) in [6.45, 7) is 15.7. The second kappa shape index (κ2) is 15.3. The highest BCUT2D eigenvalue weighted by molar-refractivity contribution is 6.67. The average Bonchev–Trinajstić information content (AvgIpc) is 3.45. The number of anilines is 1. The Labute approximate surface area is 285 Å². The van der Waals surface area contributed by atoms with Crippen molar-refractivity contribution in [3.05, 3.63) is 41.7 Å². The van der Waals surface area contributed by atoms with Gasteiger partial charge in [0, 0.05) is 31.2 Å². The first kappa shape index (κ1) is 37.5. The van der Waals surface area contributed by atoms with Gasteiger partial charge in [-0.3, -0.25) is 4.79 Å². The van der Waals surface area contributed by atoms with Crippen LogP contribution in [0.4, 0.5) is 15.4 Å². The van der Waals surface area contributed by atoms with E-state index in [2.05, 4.69) is 15.6 Å². The number of nitrogens with zero attached hydrogens (tertiary/aromatic N) is 4. The summed E-state index contributed by atoms with van der Waals surface area (Å²) in [5.74, 6) is 1.33. The Balaban J connectivity index is 1.97. The Hall–Kier alpha value is -2.96. The molecule has 0 bridgehead atoms. The molecule has 2 atom stereocenters. The minimum absolute atomic E-state index is 0.0656. The van der Waals surface area contributed by atoms with E-state index in [1.807, 2.05) is 40.7 Å². The monoisotopic (exact) mass is 702 g/mol. The Morgan fingerprint density at radius 3 is 2.39 bits per heavy atom. The second-order valence-corrected chi connectivity index (χ2v) is 16.3. The number of rotatable bonds is 9. The fourth-order valence-corrected chi connectivity index (χ4v) is 4.96. The average molecular weight is 704 g/mol. The lowest BCUT2D eigenvalue weighted by Gasteiger charge is -2.43. The quantitative estimate of drug-likeness (QED) is 0.278. The molecule has 1 aliphatic heterocycles. The zero-order valence-electron chi connectivity index (χ0n) is 27.7. The molecule has 1 fully saturated rings. The van der Waals surface area contributed by atoms with Gasteiger partial charge in [-0.05, 0) is 45.2 Å². The van der Waals surface area contributed by atoms with E-state index >= 15 is 0 Å². The van der Waals surface area contributed by atoms with Crippen LogP contribution in [0.25, 0.3) is 0 Å². The predicted molar refractivity (Wildman–Crippen MR) is 177 cm³/mol. The molecule has 0 spiro atoms. The van der Waals surface area contributed by atoms with Crippen molar-refractivity contribution in [2.45, 2.75) is 95.2 Å². The first-order valence-corrected chi connectivity index (χ1v) is 16.3. The molecule has 2 aromatic rings. The van der Waals surface area contributed by atoms with Crippen LogP contribution >= 0.6 is 34.8 Å². The molecule has 0 unspecified atom stereocenters.